The first-order chi connectivity index (χ1) is 16.6. The van der Waals surface area contributed by atoms with Gasteiger partial charge in [0.15, 0.2) is 0 Å². The minimum absolute atomic E-state index is 0.733. The predicted octanol–water partition coefficient (Wildman–Crippen LogP) is 6.04. The van der Waals surface area contributed by atoms with E-state index in [1.165, 1.54) is 26.7 Å². The van der Waals surface area contributed by atoms with Crippen molar-refractivity contribution in [2.24, 2.45) is 0 Å². The van der Waals surface area contributed by atoms with Gasteiger partial charge in [-0.05, 0) is 28.1 Å². The van der Waals surface area contributed by atoms with Gasteiger partial charge in [0.25, 0.3) is 0 Å². The third kappa shape index (κ3) is 2.57. The summed E-state index contributed by atoms with van der Waals surface area (Å²) < 4.78 is 2.23. The van der Waals surface area contributed by atoms with Crippen LogP contribution in [0.15, 0.2) is 103 Å². The van der Waals surface area contributed by atoms with E-state index in [-0.39, 0.29) is 0 Å². The van der Waals surface area contributed by atoms with Crippen LogP contribution >= 0.6 is 0 Å². The van der Waals surface area contributed by atoms with E-state index in [0.29, 0.717) is 0 Å². The monoisotopic (exact) mass is 453 g/mol. The summed E-state index contributed by atoms with van der Waals surface area (Å²) >= 11 is 0. The number of rotatable bonds is 2. The molecular weight excluding hydrogens is 430 g/mol. The maximum absolute atomic E-state index is 5.32. The fourth-order valence-electron chi connectivity index (χ4n) is 5.65. The van der Waals surface area contributed by atoms with Crippen molar-refractivity contribution in [3.05, 3.63) is 103 Å². The average Bonchev–Trinajstić information content (AvgIpc) is 3.34. The highest BCUT2D eigenvalue weighted by Gasteiger charge is 2.41. The minimum Gasteiger partial charge on any atom is -0.278 e. The SMILES string of the molecule is C[Si]1(C)c2ccccc2-c2nc(-n3c4ccccc4c4ccccc43)nc(-c3ccccc3)c21. The molecule has 1 aliphatic rings. The highest BCUT2D eigenvalue weighted by Crippen LogP contribution is 2.35. The molecule has 0 spiro atoms. The van der Waals surface area contributed by atoms with E-state index in [1.807, 2.05) is 0 Å². The molecule has 0 unspecified atom stereocenters. The van der Waals surface area contributed by atoms with Gasteiger partial charge in [-0.3, -0.25) is 4.57 Å². The van der Waals surface area contributed by atoms with Crippen molar-refractivity contribution in [1.82, 2.24) is 14.5 Å². The molecule has 4 aromatic carbocycles. The number of fused-ring (bicyclic) bond motifs is 6. The molecule has 0 saturated carbocycles. The lowest BCUT2D eigenvalue weighted by Crippen LogP contribution is -2.50. The molecule has 1 aliphatic heterocycles. The first-order valence-electron chi connectivity index (χ1n) is 11.7. The first kappa shape index (κ1) is 19.4. The lowest BCUT2D eigenvalue weighted by atomic mass is 10.1. The van der Waals surface area contributed by atoms with E-state index in [9.17, 15) is 0 Å². The molecule has 162 valence electrons. The second-order valence-electron chi connectivity index (χ2n) is 9.50. The summed E-state index contributed by atoms with van der Waals surface area (Å²) in [7, 11) is -1.96. The minimum atomic E-state index is -1.96. The fraction of sp³-hybridized carbons (Fsp3) is 0.0667. The fourth-order valence-corrected chi connectivity index (χ4v) is 8.88. The summed E-state index contributed by atoms with van der Waals surface area (Å²) in [5.41, 5.74) is 6.83. The normalized spacial score (nSPS) is 13.8. The topological polar surface area (TPSA) is 30.7 Å². The lowest BCUT2D eigenvalue weighted by molar-refractivity contribution is 1.00. The number of nitrogens with zero attached hydrogens (tertiary/aromatic N) is 3. The summed E-state index contributed by atoms with van der Waals surface area (Å²) in [5, 5.41) is 5.22. The second-order valence-corrected chi connectivity index (χ2v) is 13.8. The van der Waals surface area contributed by atoms with Gasteiger partial charge in [-0.25, -0.2) is 9.97 Å². The summed E-state index contributed by atoms with van der Waals surface area (Å²) in [6.07, 6.45) is 0. The molecule has 7 rings (SSSR count). The van der Waals surface area contributed by atoms with Gasteiger partial charge in [0.05, 0.1) is 22.4 Å². The molecule has 0 fully saturated rings. The first-order valence-corrected chi connectivity index (χ1v) is 14.7. The summed E-state index contributed by atoms with van der Waals surface area (Å²) in [5.74, 6) is 0.733. The predicted molar refractivity (Wildman–Crippen MR) is 144 cm³/mol. The van der Waals surface area contributed by atoms with Crippen LogP contribution in [0.25, 0.3) is 50.3 Å². The van der Waals surface area contributed by atoms with E-state index in [2.05, 4.69) is 121 Å². The molecule has 2 aromatic heterocycles. The van der Waals surface area contributed by atoms with E-state index in [1.54, 1.807) is 0 Å². The Kier molecular flexibility index (Phi) is 4.00. The van der Waals surface area contributed by atoms with Crippen molar-refractivity contribution in [3.8, 4) is 28.5 Å². The molecule has 4 heteroatoms. The van der Waals surface area contributed by atoms with Crippen LogP contribution in [0.3, 0.4) is 0 Å². The number of benzene rings is 4. The standard InChI is InChI=1S/C30H23N3Si/c1-34(2)26-19-11-8-16-23(26)28-29(34)27(20-12-4-3-5-13-20)31-30(32-28)33-24-17-9-6-14-21(24)22-15-7-10-18-25(22)33/h3-19H,1-2H3. The van der Waals surface area contributed by atoms with Gasteiger partial charge >= 0.3 is 0 Å². The second kappa shape index (κ2) is 6.99. The quantitative estimate of drug-likeness (QED) is 0.299. The van der Waals surface area contributed by atoms with Crippen molar-refractivity contribution in [2.45, 2.75) is 13.1 Å². The largest absolute Gasteiger partial charge is 0.278 e. The van der Waals surface area contributed by atoms with Crippen LogP contribution in [0.5, 0.6) is 0 Å². The summed E-state index contributed by atoms with van der Waals surface area (Å²) in [6, 6.07) is 36.5. The third-order valence-electron chi connectivity index (χ3n) is 7.21. The average molecular weight is 454 g/mol. The van der Waals surface area contributed by atoms with Crippen molar-refractivity contribution in [1.29, 1.82) is 0 Å². The van der Waals surface area contributed by atoms with Gasteiger partial charge < -0.3 is 0 Å². The smallest absolute Gasteiger partial charge is 0.235 e. The van der Waals surface area contributed by atoms with Crippen LogP contribution in [-0.4, -0.2) is 22.6 Å². The van der Waals surface area contributed by atoms with E-state index >= 15 is 0 Å². The van der Waals surface area contributed by atoms with E-state index in [0.717, 1.165) is 33.9 Å². The van der Waals surface area contributed by atoms with Gasteiger partial charge in [0, 0.05) is 16.3 Å². The van der Waals surface area contributed by atoms with Crippen molar-refractivity contribution in [3.63, 3.8) is 0 Å². The molecule has 3 heterocycles. The van der Waals surface area contributed by atoms with Gasteiger partial charge in [0.2, 0.25) is 5.95 Å². The zero-order chi connectivity index (χ0) is 22.9. The number of aromatic nitrogens is 3. The van der Waals surface area contributed by atoms with Gasteiger partial charge in [0.1, 0.15) is 8.07 Å². The highest BCUT2D eigenvalue weighted by atomic mass is 28.3. The van der Waals surface area contributed by atoms with Crippen molar-refractivity contribution in [2.75, 3.05) is 0 Å². The molecule has 34 heavy (non-hydrogen) atoms. The third-order valence-corrected chi connectivity index (χ3v) is 10.7. The molecule has 0 aliphatic carbocycles. The zero-order valence-corrected chi connectivity index (χ0v) is 20.2. The Morgan fingerprint density at radius 1 is 0.588 bits per heavy atom. The van der Waals surface area contributed by atoms with Crippen LogP contribution in [0.2, 0.25) is 13.1 Å². The number of para-hydroxylation sites is 2. The maximum Gasteiger partial charge on any atom is 0.235 e. The van der Waals surface area contributed by atoms with Gasteiger partial charge in [-0.1, -0.05) is 104 Å². The highest BCUT2D eigenvalue weighted by molar-refractivity contribution is 7.04. The molecule has 0 amide bonds. The Morgan fingerprint density at radius 2 is 1.15 bits per heavy atom. The van der Waals surface area contributed by atoms with Crippen LogP contribution in [0.1, 0.15) is 0 Å². The molecular formula is C30H23N3Si. The van der Waals surface area contributed by atoms with E-state index in [4.69, 9.17) is 9.97 Å². The molecule has 0 saturated heterocycles. The van der Waals surface area contributed by atoms with Crippen LogP contribution in [-0.2, 0) is 0 Å². The Bertz CT molecular complexity index is 1680. The Balaban J connectivity index is 1.64. The van der Waals surface area contributed by atoms with Crippen LogP contribution in [0.4, 0.5) is 0 Å². The Morgan fingerprint density at radius 3 is 1.85 bits per heavy atom. The van der Waals surface area contributed by atoms with Crippen molar-refractivity contribution >= 4 is 40.3 Å². The van der Waals surface area contributed by atoms with Gasteiger partial charge in [-0.15, -0.1) is 0 Å². The zero-order valence-electron chi connectivity index (χ0n) is 19.2. The van der Waals surface area contributed by atoms with Gasteiger partial charge in [-0.2, -0.15) is 0 Å². The molecule has 3 nitrogen and oxygen atoms in total. The molecule has 6 aromatic rings. The van der Waals surface area contributed by atoms with E-state index < -0.39 is 8.07 Å². The maximum atomic E-state index is 5.32. The van der Waals surface area contributed by atoms with Crippen molar-refractivity contribution < 1.29 is 0 Å². The Labute approximate surface area is 199 Å². The number of hydrogen-bond acceptors (Lipinski definition) is 2. The van der Waals surface area contributed by atoms with Crippen LogP contribution in [0, 0.1) is 0 Å². The summed E-state index contributed by atoms with van der Waals surface area (Å²) in [6.45, 7) is 4.85. The number of hydrogen-bond donors (Lipinski definition) is 0. The van der Waals surface area contributed by atoms with Crippen LogP contribution < -0.4 is 10.4 Å². The molecule has 0 radical (unpaired) electrons. The summed E-state index contributed by atoms with van der Waals surface area (Å²) in [4.78, 5) is 10.6. The molecule has 0 atom stereocenters. The lowest BCUT2D eigenvalue weighted by Gasteiger charge is -2.21. The molecule has 0 bridgehead atoms. The molecule has 0 N–H and O–H groups in total. The Hall–Kier alpha value is -4.02.